The molecule has 3 rings (SSSR count). The SMILES string of the molecule is Cc1ccc(C#CC/C(=C\c2ccc(C)cc2)S(=O)(=O)c2ccccc2)cc1. The lowest BCUT2D eigenvalue weighted by Gasteiger charge is -2.07. The van der Waals surface area contributed by atoms with E-state index in [4.69, 9.17) is 0 Å². The maximum absolute atomic E-state index is 13.2. The molecule has 2 nitrogen and oxygen atoms in total. The number of sulfone groups is 1. The molecule has 0 saturated heterocycles. The Morgan fingerprint density at radius 2 is 1.39 bits per heavy atom. The van der Waals surface area contributed by atoms with Gasteiger partial charge in [0, 0.05) is 12.0 Å². The lowest BCUT2D eigenvalue weighted by Crippen LogP contribution is -2.04. The summed E-state index contributed by atoms with van der Waals surface area (Å²) >= 11 is 0. The molecule has 0 unspecified atom stereocenters. The second-order valence-corrected chi connectivity index (χ2v) is 8.69. The fourth-order valence-electron chi connectivity index (χ4n) is 2.69. The number of hydrogen-bond donors (Lipinski definition) is 0. The van der Waals surface area contributed by atoms with Crippen LogP contribution in [-0.4, -0.2) is 8.42 Å². The van der Waals surface area contributed by atoms with Gasteiger partial charge in [-0.25, -0.2) is 8.42 Å². The minimum absolute atomic E-state index is 0.152. The molecule has 28 heavy (non-hydrogen) atoms. The first-order chi connectivity index (χ1) is 13.4. The first-order valence-corrected chi connectivity index (χ1v) is 10.6. The summed E-state index contributed by atoms with van der Waals surface area (Å²) < 4.78 is 26.3. The van der Waals surface area contributed by atoms with Crippen LogP contribution in [0.25, 0.3) is 6.08 Å². The standard InChI is InChI=1S/C25H22O2S/c1-20-11-15-22(16-12-20)7-6-10-25(19-23-17-13-21(2)14-18-23)28(26,27)24-8-4-3-5-9-24/h3-5,8-9,11-19H,10H2,1-2H3/b25-19+. The number of rotatable bonds is 4. The zero-order valence-electron chi connectivity index (χ0n) is 16.0. The third kappa shape index (κ3) is 5.00. The van der Waals surface area contributed by atoms with E-state index >= 15 is 0 Å². The molecule has 0 fully saturated rings. The summed E-state index contributed by atoms with van der Waals surface area (Å²) in [6.07, 6.45) is 1.87. The van der Waals surface area contributed by atoms with Gasteiger partial charge < -0.3 is 0 Å². The van der Waals surface area contributed by atoms with Crippen LogP contribution >= 0.6 is 0 Å². The van der Waals surface area contributed by atoms with Gasteiger partial charge in [0.2, 0.25) is 9.84 Å². The largest absolute Gasteiger partial charge is 0.219 e. The van der Waals surface area contributed by atoms with E-state index in [-0.39, 0.29) is 11.3 Å². The summed E-state index contributed by atoms with van der Waals surface area (Å²) in [5, 5.41) is 0. The van der Waals surface area contributed by atoms with Crippen LogP contribution in [0.3, 0.4) is 0 Å². The molecule has 0 bridgehead atoms. The van der Waals surface area contributed by atoms with Crippen molar-refractivity contribution in [3.05, 3.63) is 106 Å². The molecule has 0 heterocycles. The summed E-state index contributed by atoms with van der Waals surface area (Å²) in [5.74, 6) is 6.10. The Kier molecular flexibility index (Phi) is 6.13. The second-order valence-electron chi connectivity index (χ2n) is 6.68. The average Bonchev–Trinajstić information content (AvgIpc) is 2.71. The normalized spacial score (nSPS) is 11.6. The number of hydrogen-bond acceptors (Lipinski definition) is 2. The quantitative estimate of drug-likeness (QED) is 0.550. The van der Waals surface area contributed by atoms with Gasteiger partial charge in [0.05, 0.1) is 9.80 Å². The van der Waals surface area contributed by atoms with E-state index in [2.05, 4.69) is 11.8 Å². The first kappa shape index (κ1) is 19.7. The van der Waals surface area contributed by atoms with Gasteiger partial charge in [-0.2, -0.15) is 0 Å². The van der Waals surface area contributed by atoms with E-state index in [1.807, 2.05) is 62.4 Å². The smallest absolute Gasteiger partial charge is 0.203 e. The van der Waals surface area contributed by atoms with E-state index in [1.165, 1.54) is 0 Å². The fourth-order valence-corrected chi connectivity index (χ4v) is 4.07. The molecule has 3 aromatic rings. The van der Waals surface area contributed by atoms with Gasteiger partial charge in [-0.3, -0.25) is 0 Å². The van der Waals surface area contributed by atoms with Gasteiger partial charge in [-0.15, -0.1) is 0 Å². The van der Waals surface area contributed by atoms with Gasteiger partial charge in [-0.1, -0.05) is 77.6 Å². The van der Waals surface area contributed by atoms with Crippen molar-refractivity contribution < 1.29 is 8.42 Å². The fraction of sp³-hybridized carbons (Fsp3) is 0.120. The topological polar surface area (TPSA) is 34.1 Å². The highest BCUT2D eigenvalue weighted by Gasteiger charge is 2.19. The van der Waals surface area contributed by atoms with Gasteiger partial charge in [0.15, 0.2) is 0 Å². The molecule has 0 aromatic heterocycles. The molecule has 0 radical (unpaired) electrons. The zero-order valence-corrected chi connectivity index (χ0v) is 16.8. The van der Waals surface area contributed by atoms with E-state index in [0.717, 1.165) is 22.3 Å². The van der Waals surface area contributed by atoms with Crippen LogP contribution in [0.2, 0.25) is 0 Å². The lowest BCUT2D eigenvalue weighted by molar-refractivity contribution is 0.601. The second kappa shape index (κ2) is 8.73. The van der Waals surface area contributed by atoms with Crippen LogP contribution in [0.1, 0.15) is 28.7 Å². The number of allylic oxidation sites excluding steroid dienone is 1. The maximum atomic E-state index is 13.2. The minimum Gasteiger partial charge on any atom is -0.219 e. The van der Waals surface area contributed by atoms with Crippen molar-refractivity contribution in [3.63, 3.8) is 0 Å². The summed E-state index contributed by atoms with van der Waals surface area (Å²) in [6.45, 7) is 4.02. The molecule has 140 valence electrons. The van der Waals surface area contributed by atoms with Crippen LogP contribution in [0.5, 0.6) is 0 Å². The van der Waals surface area contributed by atoms with Crippen LogP contribution in [0.15, 0.2) is 88.7 Å². The van der Waals surface area contributed by atoms with Crippen LogP contribution < -0.4 is 0 Å². The Balaban J connectivity index is 1.97. The molecular weight excluding hydrogens is 364 g/mol. The molecule has 0 aliphatic heterocycles. The summed E-state index contributed by atoms with van der Waals surface area (Å²) in [6, 6.07) is 24.1. The average molecular weight is 387 g/mol. The van der Waals surface area contributed by atoms with Crippen LogP contribution in [-0.2, 0) is 9.84 Å². The molecule has 0 aliphatic rings. The summed E-state index contributed by atoms with van der Waals surface area (Å²) in [4.78, 5) is 0.577. The van der Waals surface area contributed by atoms with E-state index in [9.17, 15) is 8.42 Å². The van der Waals surface area contributed by atoms with Crippen molar-refractivity contribution >= 4 is 15.9 Å². The lowest BCUT2D eigenvalue weighted by atomic mass is 10.1. The Hall–Kier alpha value is -3.09. The highest BCUT2D eigenvalue weighted by atomic mass is 32.2. The van der Waals surface area contributed by atoms with Crippen molar-refractivity contribution in [1.29, 1.82) is 0 Å². The van der Waals surface area contributed by atoms with Gasteiger partial charge in [0.25, 0.3) is 0 Å². The van der Waals surface area contributed by atoms with Gasteiger partial charge >= 0.3 is 0 Å². The molecule has 0 saturated carbocycles. The van der Waals surface area contributed by atoms with E-state index in [0.29, 0.717) is 4.91 Å². The Bertz CT molecular complexity index is 1130. The van der Waals surface area contributed by atoms with Gasteiger partial charge in [-0.05, 0) is 49.8 Å². The first-order valence-electron chi connectivity index (χ1n) is 9.08. The molecule has 3 aromatic carbocycles. The molecular formula is C25H22O2S. The number of aryl methyl sites for hydroxylation is 2. The molecule has 3 heteroatoms. The number of benzene rings is 3. The highest BCUT2D eigenvalue weighted by Crippen LogP contribution is 2.24. The molecule has 0 spiro atoms. The van der Waals surface area contributed by atoms with Gasteiger partial charge in [0.1, 0.15) is 0 Å². The summed E-state index contributed by atoms with van der Waals surface area (Å²) in [5.41, 5.74) is 4.01. The van der Waals surface area contributed by atoms with Crippen molar-refractivity contribution in [1.82, 2.24) is 0 Å². The molecule has 0 N–H and O–H groups in total. The highest BCUT2D eigenvalue weighted by molar-refractivity contribution is 7.95. The minimum atomic E-state index is -3.61. The predicted molar refractivity (Wildman–Crippen MR) is 115 cm³/mol. The maximum Gasteiger partial charge on any atom is 0.203 e. The molecule has 0 aliphatic carbocycles. The zero-order chi connectivity index (χ0) is 20.0. The predicted octanol–water partition coefficient (Wildman–Crippen LogP) is 5.56. The third-order valence-corrected chi connectivity index (χ3v) is 6.20. The van der Waals surface area contributed by atoms with Crippen LogP contribution in [0.4, 0.5) is 0 Å². The van der Waals surface area contributed by atoms with Crippen molar-refractivity contribution in [2.75, 3.05) is 0 Å². The Morgan fingerprint density at radius 3 is 2.00 bits per heavy atom. The Labute approximate surface area is 167 Å². The monoisotopic (exact) mass is 386 g/mol. The van der Waals surface area contributed by atoms with E-state index in [1.54, 1.807) is 36.4 Å². The van der Waals surface area contributed by atoms with Crippen molar-refractivity contribution in [3.8, 4) is 11.8 Å². The van der Waals surface area contributed by atoms with E-state index < -0.39 is 9.84 Å². The van der Waals surface area contributed by atoms with Crippen LogP contribution in [0, 0.1) is 25.7 Å². The van der Waals surface area contributed by atoms with Crippen molar-refractivity contribution in [2.45, 2.75) is 25.2 Å². The molecule has 0 atom stereocenters. The Morgan fingerprint density at radius 1 is 0.821 bits per heavy atom. The third-order valence-electron chi connectivity index (χ3n) is 4.35. The summed E-state index contributed by atoms with van der Waals surface area (Å²) in [7, 11) is -3.61. The molecule has 0 amide bonds. The van der Waals surface area contributed by atoms with Crippen molar-refractivity contribution in [2.24, 2.45) is 0 Å².